The lowest BCUT2D eigenvalue weighted by atomic mass is 9.86. The molecule has 3 amide bonds. The van der Waals surface area contributed by atoms with Gasteiger partial charge in [-0.25, -0.2) is 9.78 Å². The van der Waals surface area contributed by atoms with Gasteiger partial charge in [0.2, 0.25) is 5.91 Å². The number of amides is 3. The largest absolute Gasteiger partial charge is 0.335 e. The zero-order chi connectivity index (χ0) is 20.1. The van der Waals surface area contributed by atoms with E-state index in [-0.39, 0.29) is 17.4 Å². The van der Waals surface area contributed by atoms with Crippen molar-refractivity contribution in [3.63, 3.8) is 0 Å². The quantitative estimate of drug-likeness (QED) is 0.592. The van der Waals surface area contributed by atoms with Gasteiger partial charge in [0.25, 0.3) is 5.56 Å². The maximum atomic E-state index is 12.6. The number of hydrogen-bond donors (Lipinski definition) is 2. The van der Waals surface area contributed by atoms with Crippen molar-refractivity contribution in [2.45, 2.75) is 57.3 Å². The molecule has 2 atom stereocenters. The Morgan fingerprint density at radius 2 is 2.00 bits per heavy atom. The normalized spacial score (nSPS) is 19.4. The highest BCUT2D eigenvalue weighted by Gasteiger charge is 2.23. The fraction of sp³-hybridized carbons (Fsp3) is 0.500. The summed E-state index contributed by atoms with van der Waals surface area (Å²) in [6.45, 7) is 4.44. The van der Waals surface area contributed by atoms with E-state index < -0.39 is 11.9 Å². The lowest BCUT2D eigenvalue weighted by Crippen LogP contribution is -2.48. The van der Waals surface area contributed by atoms with Gasteiger partial charge in [-0.15, -0.1) is 0 Å². The summed E-state index contributed by atoms with van der Waals surface area (Å²) >= 11 is 1.16. The van der Waals surface area contributed by atoms with Gasteiger partial charge in [0.05, 0.1) is 16.7 Å². The number of fused-ring (bicyclic) bond motifs is 1. The number of hydrogen-bond acceptors (Lipinski definition) is 5. The predicted octanol–water partition coefficient (Wildman–Crippen LogP) is 2.91. The maximum absolute atomic E-state index is 12.6. The molecule has 0 radical (unpaired) electrons. The van der Waals surface area contributed by atoms with E-state index in [0.717, 1.165) is 31.0 Å². The van der Waals surface area contributed by atoms with Gasteiger partial charge >= 0.3 is 6.03 Å². The van der Waals surface area contributed by atoms with Gasteiger partial charge in [-0.05, 0) is 37.8 Å². The van der Waals surface area contributed by atoms with Gasteiger partial charge < -0.3 is 5.32 Å². The molecule has 1 fully saturated rings. The highest BCUT2D eigenvalue weighted by Crippen LogP contribution is 2.23. The van der Waals surface area contributed by atoms with Crippen LogP contribution in [0.15, 0.2) is 34.2 Å². The topological polar surface area (TPSA) is 93.1 Å². The van der Waals surface area contributed by atoms with Crippen LogP contribution in [0.2, 0.25) is 0 Å². The highest BCUT2D eigenvalue weighted by molar-refractivity contribution is 7.99. The molecule has 0 aliphatic heterocycles. The van der Waals surface area contributed by atoms with E-state index in [1.165, 1.54) is 6.42 Å². The van der Waals surface area contributed by atoms with E-state index >= 15 is 0 Å². The maximum Gasteiger partial charge on any atom is 0.321 e. The summed E-state index contributed by atoms with van der Waals surface area (Å²) in [5.41, 5.74) is 0.476. The van der Waals surface area contributed by atoms with Crippen molar-refractivity contribution in [2.75, 3.05) is 5.75 Å². The summed E-state index contributed by atoms with van der Waals surface area (Å²) in [6.07, 6.45) is 4.33. The van der Waals surface area contributed by atoms with Crippen LogP contribution in [0.3, 0.4) is 0 Å². The number of thioether (sulfide) groups is 1. The molecule has 0 bridgehead atoms. The third-order valence-electron chi connectivity index (χ3n) is 5.16. The molecule has 150 valence electrons. The van der Waals surface area contributed by atoms with E-state index in [9.17, 15) is 14.4 Å². The summed E-state index contributed by atoms with van der Waals surface area (Å²) < 4.78 is 1.55. The number of imide groups is 1. The summed E-state index contributed by atoms with van der Waals surface area (Å²) in [5, 5.41) is 6.31. The number of benzene rings is 1. The summed E-state index contributed by atoms with van der Waals surface area (Å²) in [7, 11) is 0. The number of carbonyl (C=O) groups excluding carboxylic acids is 2. The number of para-hydroxylation sites is 1. The van der Waals surface area contributed by atoms with Gasteiger partial charge in [0, 0.05) is 12.6 Å². The predicted molar refractivity (Wildman–Crippen MR) is 110 cm³/mol. The van der Waals surface area contributed by atoms with Gasteiger partial charge in [-0.3, -0.25) is 19.5 Å². The molecule has 2 aromatic rings. The second-order valence-corrected chi connectivity index (χ2v) is 8.08. The van der Waals surface area contributed by atoms with E-state index in [1.807, 2.05) is 13.0 Å². The number of rotatable bonds is 5. The summed E-state index contributed by atoms with van der Waals surface area (Å²) in [6, 6.07) is 6.81. The number of nitrogens with one attached hydrogen (secondary N) is 2. The van der Waals surface area contributed by atoms with Crippen LogP contribution in [0.4, 0.5) is 4.79 Å². The lowest BCUT2D eigenvalue weighted by molar-refractivity contribution is -0.117. The average Bonchev–Trinajstić information content (AvgIpc) is 2.68. The van der Waals surface area contributed by atoms with E-state index in [0.29, 0.717) is 28.5 Å². The van der Waals surface area contributed by atoms with Gasteiger partial charge in [0.1, 0.15) is 0 Å². The van der Waals surface area contributed by atoms with Crippen LogP contribution in [0, 0.1) is 5.92 Å². The molecular weight excluding hydrogens is 376 g/mol. The zero-order valence-corrected chi connectivity index (χ0v) is 17.1. The average molecular weight is 403 g/mol. The Bertz CT molecular complexity index is 927. The minimum atomic E-state index is -0.455. The van der Waals surface area contributed by atoms with Gasteiger partial charge in [0.15, 0.2) is 5.16 Å². The number of urea groups is 1. The first-order valence-corrected chi connectivity index (χ1v) is 10.7. The highest BCUT2D eigenvalue weighted by atomic mass is 32.2. The molecule has 1 saturated carbocycles. The smallest absolute Gasteiger partial charge is 0.321 e. The Balaban J connectivity index is 1.61. The fourth-order valence-electron chi connectivity index (χ4n) is 3.56. The van der Waals surface area contributed by atoms with Gasteiger partial charge in [-0.2, -0.15) is 0 Å². The van der Waals surface area contributed by atoms with Crippen LogP contribution in [0.5, 0.6) is 0 Å². The minimum Gasteiger partial charge on any atom is -0.335 e. The molecule has 1 aromatic carbocycles. The van der Waals surface area contributed by atoms with Crippen molar-refractivity contribution in [1.29, 1.82) is 0 Å². The molecule has 0 spiro atoms. The van der Waals surface area contributed by atoms with Crippen molar-refractivity contribution in [1.82, 2.24) is 20.2 Å². The Kier molecular flexibility index (Phi) is 6.72. The van der Waals surface area contributed by atoms with Crippen molar-refractivity contribution in [3.05, 3.63) is 34.6 Å². The van der Waals surface area contributed by atoms with Gasteiger partial charge in [-0.1, -0.05) is 43.7 Å². The first-order valence-electron chi connectivity index (χ1n) is 9.72. The Morgan fingerprint density at radius 1 is 1.25 bits per heavy atom. The van der Waals surface area contributed by atoms with Crippen LogP contribution in [0.25, 0.3) is 10.9 Å². The molecule has 1 heterocycles. The third kappa shape index (κ3) is 4.73. The van der Waals surface area contributed by atoms with Crippen molar-refractivity contribution in [2.24, 2.45) is 5.92 Å². The van der Waals surface area contributed by atoms with Crippen LogP contribution >= 0.6 is 11.8 Å². The molecule has 2 N–H and O–H groups in total. The monoisotopic (exact) mass is 402 g/mol. The van der Waals surface area contributed by atoms with Crippen LogP contribution in [-0.2, 0) is 11.3 Å². The van der Waals surface area contributed by atoms with Crippen LogP contribution < -0.4 is 16.2 Å². The molecule has 7 nitrogen and oxygen atoms in total. The SMILES string of the molecule is CCn1c(SCC(=O)NC(=O)N[C@H]2CCCC[C@@H]2C)nc2ccccc2c1=O. The molecular formula is C20H26N4O3S. The first kappa shape index (κ1) is 20.4. The second kappa shape index (κ2) is 9.23. The standard InChI is InChI=1S/C20H26N4O3S/c1-3-24-18(26)14-9-5-7-11-16(14)22-20(24)28-12-17(25)23-19(27)21-15-10-6-4-8-13(15)2/h5,7,9,11,13,15H,3-4,6,8,10,12H2,1-2H3,(H2,21,23,25,27)/t13-,15-/m0/s1. The van der Waals surface area contributed by atoms with Crippen LogP contribution in [0.1, 0.15) is 39.5 Å². The Morgan fingerprint density at radius 3 is 2.75 bits per heavy atom. The fourth-order valence-corrected chi connectivity index (χ4v) is 4.43. The molecule has 8 heteroatoms. The first-order chi connectivity index (χ1) is 13.5. The van der Waals surface area contributed by atoms with Crippen LogP contribution in [-0.4, -0.2) is 33.3 Å². The summed E-state index contributed by atoms with van der Waals surface area (Å²) in [4.78, 5) is 41.4. The van der Waals surface area contributed by atoms with Crippen molar-refractivity contribution in [3.8, 4) is 0 Å². The Hall–Kier alpha value is -2.35. The van der Waals surface area contributed by atoms with E-state index in [2.05, 4.69) is 22.5 Å². The third-order valence-corrected chi connectivity index (χ3v) is 6.13. The molecule has 28 heavy (non-hydrogen) atoms. The molecule has 3 rings (SSSR count). The Labute approximate surface area is 168 Å². The number of nitrogens with zero attached hydrogens (tertiary/aromatic N) is 2. The summed E-state index contributed by atoms with van der Waals surface area (Å²) in [5.74, 6) is 0.0269. The van der Waals surface area contributed by atoms with E-state index in [1.54, 1.807) is 22.8 Å². The zero-order valence-electron chi connectivity index (χ0n) is 16.2. The molecule has 1 aliphatic carbocycles. The van der Waals surface area contributed by atoms with Crippen molar-refractivity contribution < 1.29 is 9.59 Å². The molecule has 0 saturated heterocycles. The minimum absolute atomic E-state index is 0.0123. The van der Waals surface area contributed by atoms with Crippen molar-refractivity contribution >= 4 is 34.6 Å². The number of aromatic nitrogens is 2. The number of carbonyl (C=O) groups is 2. The molecule has 1 aliphatic rings. The second-order valence-electron chi connectivity index (χ2n) is 7.14. The lowest BCUT2D eigenvalue weighted by Gasteiger charge is -2.29. The molecule has 0 unspecified atom stereocenters. The van der Waals surface area contributed by atoms with E-state index in [4.69, 9.17) is 0 Å². The molecule has 1 aromatic heterocycles.